The molecule has 0 rings (SSSR count). The average molecular weight is 321 g/mol. The molecule has 0 saturated heterocycles. The highest BCUT2D eigenvalue weighted by Crippen LogP contribution is 2.10. The van der Waals surface area contributed by atoms with Gasteiger partial charge in [0, 0.05) is 12.5 Å². The first kappa shape index (κ1) is 20.1. The number of carbonyl (C=O) groups excluding carboxylic acids is 1. The number of unbranched alkanes of at least 4 members (excludes halogenated alkanes) is 1. The molecule has 1 atom stereocenters. The molecule has 0 heterocycles. The van der Waals surface area contributed by atoms with Crippen LogP contribution in [0, 0.1) is 0 Å². The Morgan fingerprint density at radius 2 is 1.86 bits per heavy atom. The molecular weight excluding hydrogens is 294 g/mol. The van der Waals surface area contributed by atoms with Gasteiger partial charge in [0.2, 0.25) is 0 Å². The van der Waals surface area contributed by atoms with E-state index in [9.17, 15) is 13.2 Å². The van der Waals surface area contributed by atoms with Gasteiger partial charge in [0.15, 0.2) is 6.23 Å². The molecule has 0 spiro atoms. The van der Waals surface area contributed by atoms with Crippen LogP contribution in [0.25, 0.3) is 0 Å². The van der Waals surface area contributed by atoms with Gasteiger partial charge in [-0.2, -0.15) is 8.42 Å². The van der Waals surface area contributed by atoms with Gasteiger partial charge in [-0.3, -0.25) is 9.08 Å². The molecule has 0 fully saturated rings. The quantitative estimate of drug-likeness (QED) is 0.250. The number of hydrogen-bond acceptors (Lipinski definition) is 6. The molecule has 21 heavy (non-hydrogen) atoms. The molecule has 0 aliphatic heterocycles. The van der Waals surface area contributed by atoms with Crippen LogP contribution in [0.1, 0.15) is 40.0 Å². The van der Waals surface area contributed by atoms with Crippen molar-refractivity contribution in [2.75, 3.05) is 26.0 Å². The Labute approximate surface area is 128 Å². The predicted octanol–water partition coefficient (Wildman–Crippen LogP) is 1.92. The second kappa shape index (κ2) is 10.8. The summed E-state index contributed by atoms with van der Waals surface area (Å²) in [5.41, 5.74) is 0. The van der Waals surface area contributed by atoms with Crippen molar-refractivity contribution in [3.8, 4) is 0 Å². The van der Waals surface area contributed by atoms with Crippen LogP contribution in [0.4, 0.5) is 0 Å². The molecule has 0 bridgehead atoms. The van der Waals surface area contributed by atoms with Gasteiger partial charge in [-0.15, -0.1) is 0 Å². The van der Waals surface area contributed by atoms with Gasteiger partial charge >= 0.3 is 5.97 Å². The number of nitrogens with zero attached hydrogens (tertiary/aromatic N) is 1. The summed E-state index contributed by atoms with van der Waals surface area (Å²) in [7, 11) is -2.43. The lowest BCUT2D eigenvalue weighted by molar-refractivity contribution is -0.153. The molecule has 0 aliphatic rings. The van der Waals surface area contributed by atoms with E-state index in [-0.39, 0.29) is 12.2 Å². The number of allylic oxidation sites excluding steroid dienone is 1. The van der Waals surface area contributed by atoms with Crippen molar-refractivity contribution in [3.05, 3.63) is 12.2 Å². The van der Waals surface area contributed by atoms with Crippen molar-refractivity contribution in [3.63, 3.8) is 0 Å². The zero-order valence-electron chi connectivity index (χ0n) is 13.4. The first-order valence-corrected chi connectivity index (χ1v) is 8.87. The van der Waals surface area contributed by atoms with Gasteiger partial charge in [-0.25, -0.2) is 4.79 Å². The van der Waals surface area contributed by atoms with E-state index in [0.717, 1.165) is 20.0 Å². The Kier molecular flexibility index (Phi) is 10.3. The van der Waals surface area contributed by atoms with Gasteiger partial charge in [-0.1, -0.05) is 33.3 Å². The van der Waals surface area contributed by atoms with E-state index < -0.39 is 22.3 Å². The zero-order chi connectivity index (χ0) is 16.3. The van der Waals surface area contributed by atoms with Gasteiger partial charge < -0.3 is 4.74 Å². The Balaban J connectivity index is 4.70. The Morgan fingerprint density at radius 3 is 2.33 bits per heavy atom. The highest BCUT2D eigenvalue weighted by atomic mass is 32.2. The van der Waals surface area contributed by atoms with Crippen molar-refractivity contribution >= 4 is 16.1 Å². The van der Waals surface area contributed by atoms with Crippen LogP contribution < -0.4 is 0 Å². The van der Waals surface area contributed by atoms with Gasteiger partial charge in [0.25, 0.3) is 10.1 Å². The van der Waals surface area contributed by atoms with E-state index in [1.54, 1.807) is 6.08 Å². The second-order valence-corrected chi connectivity index (χ2v) is 6.38. The Morgan fingerprint density at radius 1 is 1.24 bits per heavy atom. The number of carbonyl (C=O) groups is 1. The fraction of sp³-hybridized carbons (Fsp3) is 0.786. The summed E-state index contributed by atoms with van der Waals surface area (Å²) >= 11 is 0. The minimum Gasteiger partial charge on any atom is -0.443 e. The molecule has 0 N–H and O–H groups in total. The van der Waals surface area contributed by atoms with Crippen molar-refractivity contribution in [2.45, 2.75) is 46.3 Å². The van der Waals surface area contributed by atoms with E-state index in [2.05, 4.69) is 4.18 Å². The third kappa shape index (κ3) is 8.85. The van der Waals surface area contributed by atoms with Crippen LogP contribution in [0.2, 0.25) is 0 Å². The summed E-state index contributed by atoms with van der Waals surface area (Å²) in [6, 6.07) is 0. The summed E-state index contributed by atoms with van der Waals surface area (Å²) in [6.45, 7) is 7.22. The molecule has 0 radical (unpaired) electrons. The van der Waals surface area contributed by atoms with Gasteiger partial charge in [0.05, 0.1) is 12.9 Å². The van der Waals surface area contributed by atoms with E-state index in [1.807, 2.05) is 25.7 Å². The maximum atomic E-state index is 11.7. The standard InChI is InChI=1S/C14H27NO5S/c1-5-8-9-10-14(16)20-13(15(6-2)7-3)11-12-21(17,18)19-4/h9-10,13H,5-8,11-12H2,1-4H3. The van der Waals surface area contributed by atoms with Crippen LogP contribution in [0.3, 0.4) is 0 Å². The molecule has 0 aromatic rings. The maximum absolute atomic E-state index is 11.7. The first-order chi connectivity index (χ1) is 9.90. The van der Waals surface area contributed by atoms with E-state index in [0.29, 0.717) is 13.1 Å². The predicted molar refractivity (Wildman–Crippen MR) is 82.3 cm³/mol. The van der Waals surface area contributed by atoms with Crippen LogP contribution in [0.5, 0.6) is 0 Å². The summed E-state index contributed by atoms with van der Waals surface area (Å²) in [4.78, 5) is 13.6. The van der Waals surface area contributed by atoms with E-state index in [4.69, 9.17) is 4.74 Å². The normalized spacial score (nSPS) is 13.8. The molecule has 7 heteroatoms. The third-order valence-electron chi connectivity index (χ3n) is 3.05. The van der Waals surface area contributed by atoms with Crippen molar-refractivity contribution in [1.82, 2.24) is 4.90 Å². The Bertz CT molecular complexity index is 415. The molecule has 0 amide bonds. The monoisotopic (exact) mass is 321 g/mol. The first-order valence-electron chi connectivity index (χ1n) is 7.29. The average Bonchev–Trinajstić information content (AvgIpc) is 2.46. The number of hydrogen-bond donors (Lipinski definition) is 0. The number of ether oxygens (including phenoxy) is 1. The van der Waals surface area contributed by atoms with Crippen molar-refractivity contribution in [1.29, 1.82) is 0 Å². The lowest BCUT2D eigenvalue weighted by Gasteiger charge is -2.28. The van der Waals surface area contributed by atoms with Crippen LogP contribution >= 0.6 is 0 Å². The maximum Gasteiger partial charge on any atom is 0.331 e. The van der Waals surface area contributed by atoms with E-state index in [1.165, 1.54) is 6.08 Å². The Hall–Kier alpha value is -0.920. The van der Waals surface area contributed by atoms with Crippen LogP contribution in [0.15, 0.2) is 12.2 Å². The van der Waals surface area contributed by atoms with Crippen LogP contribution in [-0.2, 0) is 23.8 Å². The number of rotatable bonds is 11. The summed E-state index contributed by atoms with van der Waals surface area (Å²) in [6.07, 6.45) is 4.53. The smallest absolute Gasteiger partial charge is 0.331 e. The fourth-order valence-corrected chi connectivity index (χ4v) is 2.45. The summed E-state index contributed by atoms with van der Waals surface area (Å²) in [5, 5.41) is 0. The minimum absolute atomic E-state index is 0.184. The van der Waals surface area contributed by atoms with E-state index >= 15 is 0 Å². The molecular formula is C14H27NO5S. The van der Waals surface area contributed by atoms with Gasteiger partial charge in [0.1, 0.15) is 0 Å². The molecule has 1 unspecified atom stereocenters. The lowest BCUT2D eigenvalue weighted by atomic mass is 10.3. The molecule has 6 nitrogen and oxygen atoms in total. The highest BCUT2D eigenvalue weighted by Gasteiger charge is 2.22. The molecule has 124 valence electrons. The largest absolute Gasteiger partial charge is 0.443 e. The zero-order valence-corrected chi connectivity index (χ0v) is 14.2. The fourth-order valence-electron chi connectivity index (χ4n) is 1.79. The third-order valence-corrected chi connectivity index (χ3v) is 4.29. The van der Waals surface area contributed by atoms with Crippen LogP contribution in [-0.4, -0.2) is 51.5 Å². The SMILES string of the molecule is CCCC=CC(=O)OC(CCS(=O)(=O)OC)N(CC)CC. The topological polar surface area (TPSA) is 72.9 Å². The second-order valence-electron chi connectivity index (χ2n) is 4.52. The minimum atomic E-state index is -3.56. The molecule has 0 aliphatic carbocycles. The molecule has 0 aromatic heterocycles. The highest BCUT2D eigenvalue weighted by molar-refractivity contribution is 7.86. The number of esters is 1. The summed E-state index contributed by atoms with van der Waals surface area (Å²) < 4.78 is 32.6. The lowest BCUT2D eigenvalue weighted by Crippen LogP contribution is -2.39. The molecule has 0 aromatic carbocycles. The van der Waals surface area contributed by atoms with Gasteiger partial charge in [-0.05, 0) is 19.5 Å². The van der Waals surface area contributed by atoms with Crippen molar-refractivity contribution < 1.29 is 22.1 Å². The molecule has 0 saturated carbocycles. The van der Waals surface area contributed by atoms with Crippen molar-refractivity contribution in [2.24, 2.45) is 0 Å². The summed E-state index contributed by atoms with van der Waals surface area (Å²) in [5.74, 6) is -0.633.